The zero-order chi connectivity index (χ0) is 7.72. The highest BCUT2D eigenvalue weighted by atomic mass is 16.3. The van der Waals surface area contributed by atoms with Crippen LogP contribution in [-0.2, 0) is 0 Å². The molecule has 1 rings (SSSR count). The summed E-state index contributed by atoms with van der Waals surface area (Å²) >= 11 is 0. The van der Waals surface area contributed by atoms with Crippen molar-refractivity contribution in [1.82, 2.24) is 0 Å². The number of aliphatic hydroxyl groups is 1. The van der Waals surface area contributed by atoms with Gasteiger partial charge in [-0.1, -0.05) is 24.8 Å². The van der Waals surface area contributed by atoms with Gasteiger partial charge in [-0.3, -0.25) is 0 Å². The summed E-state index contributed by atoms with van der Waals surface area (Å²) in [6.45, 7) is 9.47. The Morgan fingerprint density at radius 1 is 1.60 bits per heavy atom. The first kappa shape index (κ1) is 7.29. The maximum absolute atomic E-state index is 9.32. The standard InChI is InChI=1S/C9H12O/c1-6-4-7(2)9(10)8(3)5-6/h4,9-10H,2-3,5H2,1H3. The van der Waals surface area contributed by atoms with Crippen molar-refractivity contribution in [3.8, 4) is 0 Å². The summed E-state index contributed by atoms with van der Waals surface area (Å²) in [6, 6.07) is 0. The average molecular weight is 136 g/mol. The molecule has 1 unspecified atom stereocenters. The Labute approximate surface area is 61.4 Å². The molecule has 0 amide bonds. The molecule has 1 aliphatic carbocycles. The fraction of sp³-hybridized carbons (Fsp3) is 0.333. The van der Waals surface area contributed by atoms with Gasteiger partial charge < -0.3 is 5.11 Å². The maximum atomic E-state index is 9.32. The summed E-state index contributed by atoms with van der Waals surface area (Å²) in [4.78, 5) is 0. The molecule has 0 saturated carbocycles. The molecule has 1 aliphatic rings. The average Bonchev–Trinajstić information content (AvgIpc) is 1.82. The minimum absolute atomic E-state index is 0.510. The van der Waals surface area contributed by atoms with Crippen LogP contribution in [0, 0.1) is 0 Å². The van der Waals surface area contributed by atoms with Crippen molar-refractivity contribution in [2.24, 2.45) is 0 Å². The quantitative estimate of drug-likeness (QED) is 0.503. The first-order chi connectivity index (χ1) is 4.61. The lowest BCUT2D eigenvalue weighted by Gasteiger charge is -2.20. The van der Waals surface area contributed by atoms with Crippen LogP contribution >= 0.6 is 0 Å². The molecule has 0 saturated heterocycles. The van der Waals surface area contributed by atoms with E-state index in [9.17, 15) is 5.11 Å². The molecular formula is C9H12O. The third-order valence-electron chi connectivity index (χ3n) is 1.68. The SMILES string of the molecule is C=C1C=C(C)CC(=C)C1O. The van der Waals surface area contributed by atoms with Crippen LogP contribution in [0.1, 0.15) is 13.3 Å². The minimum atomic E-state index is -0.510. The van der Waals surface area contributed by atoms with E-state index in [1.165, 1.54) is 5.57 Å². The summed E-state index contributed by atoms with van der Waals surface area (Å²) in [5, 5.41) is 9.32. The maximum Gasteiger partial charge on any atom is 0.0995 e. The van der Waals surface area contributed by atoms with E-state index < -0.39 is 6.10 Å². The molecule has 0 aromatic carbocycles. The monoisotopic (exact) mass is 136 g/mol. The number of hydrogen-bond acceptors (Lipinski definition) is 1. The van der Waals surface area contributed by atoms with E-state index in [4.69, 9.17) is 0 Å². The number of allylic oxidation sites excluding steroid dienone is 1. The lowest BCUT2D eigenvalue weighted by atomic mass is 9.91. The second-order valence-electron chi connectivity index (χ2n) is 2.80. The molecule has 0 aromatic heterocycles. The second-order valence-corrected chi connectivity index (χ2v) is 2.80. The Kier molecular flexibility index (Phi) is 1.77. The molecule has 0 aromatic rings. The van der Waals surface area contributed by atoms with Gasteiger partial charge in [-0.25, -0.2) is 0 Å². The highest BCUT2D eigenvalue weighted by molar-refractivity contribution is 5.37. The van der Waals surface area contributed by atoms with E-state index >= 15 is 0 Å². The Bertz CT molecular complexity index is 211. The number of aliphatic hydroxyl groups excluding tert-OH is 1. The molecule has 0 fully saturated rings. The van der Waals surface area contributed by atoms with Crippen LogP contribution in [0.3, 0.4) is 0 Å². The van der Waals surface area contributed by atoms with Crippen molar-refractivity contribution in [2.75, 3.05) is 0 Å². The molecule has 54 valence electrons. The van der Waals surface area contributed by atoms with E-state index in [-0.39, 0.29) is 0 Å². The molecule has 1 nitrogen and oxygen atoms in total. The lowest BCUT2D eigenvalue weighted by Crippen LogP contribution is -2.15. The summed E-state index contributed by atoms with van der Waals surface area (Å²) in [5.74, 6) is 0. The van der Waals surface area contributed by atoms with E-state index in [0.717, 1.165) is 17.6 Å². The van der Waals surface area contributed by atoms with Gasteiger partial charge in [-0.2, -0.15) is 0 Å². The van der Waals surface area contributed by atoms with Crippen LogP contribution in [0.2, 0.25) is 0 Å². The van der Waals surface area contributed by atoms with Crippen LogP contribution in [0.25, 0.3) is 0 Å². The number of rotatable bonds is 0. The highest BCUT2D eigenvalue weighted by Crippen LogP contribution is 2.24. The largest absolute Gasteiger partial charge is 0.384 e. The van der Waals surface area contributed by atoms with Gasteiger partial charge in [0.1, 0.15) is 0 Å². The smallest absolute Gasteiger partial charge is 0.0995 e. The van der Waals surface area contributed by atoms with Gasteiger partial charge in [-0.05, 0) is 24.5 Å². The van der Waals surface area contributed by atoms with Crippen molar-refractivity contribution in [2.45, 2.75) is 19.4 Å². The molecule has 1 N–H and O–H groups in total. The Morgan fingerprint density at radius 3 is 2.70 bits per heavy atom. The van der Waals surface area contributed by atoms with Crippen molar-refractivity contribution >= 4 is 0 Å². The Hall–Kier alpha value is -0.820. The summed E-state index contributed by atoms with van der Waals surface area (Å²) in [7, 11) is 0. The van der Waals surface area contributed by atoms with Crippen molar-refractivity contribution < 1.29 is 5.11 Å². The van der Waals surface area contributed by atoms with Gasteiger partial charge in [0.2, 0.25) is 0 Å². The van der Waals surface area contributed by atoms with Crippen LogP contribution in [0.4, 0.5) is 0 Å². The van der Waals surface area contributed by atoms with Gasteiger partial charge in [0, 0.05) is 0 Å². The predicted octanol–water partition coefficient (Wildman–Crippen LogP) is 1.81. The van der Waals surface area contributed by atoms with Crippen molar-refractivity contribution in [1.29, 1.82) is 0 Å². The van der Waals surface area contributed by atoms with Crippen molar-refractivity contribution in [3.05, 3.63) is 36.0 Å². The van der Waals surface area contributed by atoms with Gasteiger partial charge >= 0.3 is 0 Å². The number of hydrogen-bond donors (Lipinski definition) is 1. The van der Waals surface area contributed by atoms with E-state index in [1.54, 1.807) is 0 Å². The topological polar surface area (TPSA) is 20.2 Å². The zero-order valence-electron chi connectivity index (χ0n) is 6.22. The molecule has 0 bridgehead atoms. The van der Waals surface area contributed by atoms with Gasteiger partial charge in [0.15, 0.2) is 0 Å². The van der Waals surface area contributed by atoms with Crippen molar-refractivity contribution in [3.63, 3.8) is 0 Å². The molecule has 0 radical (unpaired) electrons. The van der Waals surface area contributed by atoms with Gasteiger partial charge in [0.25, 0.3) is 0 Å². The molecule has 1 heteroatoms. The van der Waals surface area contributed by atoms with E-state index in [1.807, 2.05) is 13.0 Å². The molecular weight excluding hydrogens is 124 g/mol. The summed E-state index contributed by atoms with van der Waals surface area (Å²) in [6.07, 6.45) is 2.21. The Balaban J connectivity index is 2.89. The van der Waals surface area contributed by atoms with Crippen LogP contribution < -0.4 is 0 Å². The van der Waals surface area contributed by atoms with Crippen LogP contribution in [-0.4, -0.2) is 11.2 Å². The zero-order valence-corrected chi connectivity index (χ0v) is 6.22. The van der Waals surface area contributed by atoms with Crippen LogP contribution in [0.15, 0.2) is 36.0 Å². The third kappa shape index (κ3) is 1.19. The fourth-order valence-electron chi connectivity index (χ4n) is 1.16. The highest BCUT2D eigenvalue weighted by Gasteiger charge is 2.15. The molecule has 1 atom stereocenters. The second kappa shape index (κ2) is 2.43. The third-order valence-corrected chi connectivity index (χ3v) is 1.68. The molecule has 0 aliphatic heterocycles. The van der Waals surface area contributed by atoms with Gasteiger partial charge in [-0.15, -0.1) is 0 Å². The molecule has 10 heavy (non-hydrogen) atoms. The van der Waals surface area contributed by atoms with E-state index in [2.05, 4.69) is 13.2 Å². The molecule has 0 heterocycles. The normalized spacial score (nSPS) is 26.6. The van der Waals surface area contributed by atoms with E-state index in [0.29, 0.717) is 0 Å². The first-order valence-corrected chi connectivity index (χ1v) is 3.33. The predicted molar refractivity (Wildman–Crippen MR) is 42.7 cm³/mol. The lowest BCUT2D eigenvalue weighted by molar-refractivity contribution is 0.246. The Morgan fingerprint density at radius 2 is 2.20 bits per heavy atom. The van der Waals surface area contributed by atoms with Gasteiger partial charge in [0.05, 0.1) is 6.10 Å². The summed E-state index contributed by atoms with van der Waals surface area (Å²) in [5.41, 5.74) is 2.83. The first-order valence-electron chi connectivity index (χ1n) is 3.33. The summed E-state index contributed by atoms with van der Waals surface area (Å²) < 4.78 is 0. The minimum Gasteiger partial charge on any atom is -0.384 e. The fourth-order valence-corrected chi connectivity index (χ4v) is 1.16. The van der Waals surface area contributed by atoms with Crippen LogP contribution in [0.5, 0.6) is 0 Å². The molecule has 0 spiro atoms.